The summed E-state index contributed by atoms with van der Waals surface area (Å²) < 4.78 is 27.3. The van der Waals surface area contributed by atoms with Crippen molar-refractivity contribution >= 4 is 37.8 Å². The molecular weight excluding hydrogens is 593 g/mol. The first-order valence-corrected chi connectivity index (χ1v) is 12.6. The average Bonchev–Trinajstić information content (AvgIpc) is 3.25. The van der Waals surface area contributed by atoms with E-state index < -0.39 is 6.04 Å². The zero-order chi connectivity index (χ0) is 26.0. The average molecular weight is 617 g/mol. The molecule has 0 N–H and O–H groups in total. The van der Waals surface area contributed by atoms with Gasteiger partial charge in [0.2, 0.25) is 0 Å². The van der Waals surface area contributed by atoms with E-state index in [1.165, 1.54) is 12.1 Å². The van der Waals surface area contributed by atoms with Crippen LogP contribution in [0.4, 0.5) is 4.39 Å². The summed E-state index contributed by atoms with van der Waals surface area (Å²) in [5.74, 6) is 0.836. The van der Waals surface area contributed by atoms with Crippen molar-refractivity contribution in [3.63, 3.8) is 0 Å². The second-order valence-electron chi connectivity index (χ2n) is 8.15. The number of carbonyl (C=O) groups excluding carboxylic acids is 1. The molecule has 0 unspecified atom stereocenters. The highest BCUT2D eigenvalue weighted by Gasteiger charge is 2.28. The van der Waals surface area contributed by atoms with Crippen molar-refractivity contribution < 1.29 is 18.7 Å². The van der Waals surface area contributed by atoms with Gasteiger partial charge in [0.05, 0.1) is 34.9 Å². The van der Waals surface area contributed by atoms with Crippen molar-refractivity contribution in [3.8, 4) is 22.8 Å². The molecule has 186 valence electrons. The van der Waals surface area contributed by atoms with Gasteiger partial charge in [-0.3, -0.25) is 9.48 Å². The van der Waals surface area contributed by atoms with Gasteiger partial charge in [-0.25, -0.2) is 4.39 Å². The van der Waals surface area contributed by atoms with Crippen molar-refractivity contribution in [1.82, 2.24) is 14.7 Å². The number of benzene rings is 3. The van der Waals surface area contributed by atoms with Gasteiger partial charge in [-0.2, -0.15) is 5.10 Å². The van der Waals surface area contributed by atoms with E-state index in [1.807, 2.05) is 36.4 Å². The number of halogens is 3. The molecule has 9 heteroatoms. The fourth-order valence-corrected chi connectivity index (χ4v) is 5.19. The maximum atomic E-state index is 13.8. The SMILES string of the molecule is COc1ccc(C(c2ccc(OC)c(Br)c2)N(C)C(=O)c2cc(-c3ccc(F)cc3)nn2C)cc1Br. The third-order valence-electron chi connectivity index (χ3n) is 5.93. The molecule has 1 amide bonds. The molecule has 1 aromatic heterocycles. The van der Waals surface area contributed by atoms with E-state index in [9.17, 15) is 9.18 Å². The molecule has 36 heavy (non-hydrogen) atoms. The number of amides is 1. The first kappa shape index (κ1) is 25.9. The highest BCUT2D eigenvalue weighted by Crippen LogP contribution is 2.37. The number of methoxy groups -OCH3 is 2. The molecule has 0 fully saturated rings. The number of rotatable bonds is 7. The molecule has 1 heterocycles. The van der Waals surface area contributed by atoms with Crippen LogP contribution >= 0.6 is 31.9 Å². The largest absolute Gasteiger partial charge is 0.496 e. The number of carbonyl (C=O) groups is 1. The molecule has 0 bridgehead atoms. The molecule has 0 atom stereocenters. The number of hydrogen-bond acceptors (Lipinski definition) is 4. The fourth-order valence-electron chi connectivity index (χ4n) is 4.07. The molecule has 4 rings (SSSR count). The lowest BCUT2D eigenvalue weighted by Crippen LogP contribution is -2.33. The number of ether oxygens (including phenoxy) is 2. The van der Waals surface area contributed by atoms with Crippen molar-refractivity contribution in [1.29, 1.82) is 0 Å². The summed E-state index contributed by atoms with van der Waals surface area (Å²) >= 11 is 7.13. The molecule has 3 aromatic carbocycles. The number of aryl methyl sites for hydroxylation is 1. The maximum Gasteiger partial charge on any atom is 0.272 e. The third kappa shape index (κ3) is 5.17. The summed E-state index contributed by atoms with van der Waals surface area (Å²) in [5.41, 5.74) is 3.49. The first-order valence-electron chi connectivity index (χ1n) is 11.0. The summed E-state index contributed by atoms with van der Waals surface area (Å²) in [5, 5.41) is 4.49. The lowest BCUT2D eigenvalue weighted by Gasteiger charge is -2.30. The van der Waals surface area contributed by atoms with Crippen molar-refractivity contribution in [2.45, 2.75) is 6.04 Å². The molecule has 6 nitrogen and oxygen atoms in total. The van der Waals surface area contributed by atoms with Crippen molar-refractivity contribution in [2.24, 2.45) is 7.05 Å². The van der Waals surface area contributed by atoms with Gasteiger partial charge in [0.25, 0.3) is 5.91 Å². The van der Waals surface area contributed by atoms with Gasteiger partial charge in [-0.15, -0.1) is 0 Å². The predicted octanol–water partition coefficient (Wildman–Crippen LogP) is 6.63. The summed E-state index contributed by atoms with van der Waals surface area (Å²) in [7, 11) is 6.69. The first-order chi connectivity index (χ1) is 17.2. The van der Waals surface area contributed by atoms with Gasteiger partial charge in [-0.05, 0) is 97.6 Å². The molecular formula is C27H24Br2FN3O3. The van der Waals surface area contributed by atoms with Crippen LogP contribution in [0.3, 0.4) is 0 Å². The Morgan fingerprint density at radius 2 is 1.44 bits per heavy atom. The van der Waals surface area contributed by atoms with Crippen molar-refractivity contribution in [2.75, 3.05) is 21.3 Å². The Kier molecular flexibility index (Phi) is 7.80. The van der Waals surface area contributed by atoms with E-state index in [1.54, 1.807) is 56.1 Å². The van der Waals surface area contributed by atoms with E-state index in [-0.39, 0.29) is 11.7 Å². The lowest BCUT2D eigenvalue weighted by molar-refractivity contribution is 0.0744. The smallest absolute Gasteiger partial charge is 0.272 e. The van der Waals surface area contributed by atoms with Gasteiger partial charge in [0.15, 0.2) is 0 Å². The van der Waals surface area contributed by atoms with Crippen LogP contribution in [0.25, 0.3) is 11.3 Å². The van der Waals surface area contributed by atoms with Crippen LogP contribution in [0, 0.1) is 5.82 Å². The summed E-state index contributed by atoms with van der Waals surface area (Å²) in [6.45, 7) is 0. The Balaban J connectivity index is 1.76. The van der Waals surface area contributed by atoms with E-state index in [4.69, 9.17) is 9.47 Å². The van der Waals surface area contributed by atoms with Gasteiger partial charge in [0, 0.05) is 19.7 Å². The van der Waals surface area contributed by atoms with Crippen LogP contribution in [-0.2, 0) is 7.05 Å². The summed E-state index contributed by atoms with van der Waals surface area (Å²) in [6.07, 6.45) is 0. The zero-order valence-corrected chi connectivity index (χ0v) is 23.3. The minimum atomic E-state index is -0.425. The molecule has 0 spiro atoms. The van der Waals surface area contributed by atoms with Gasteiger partial charge >= 0.3 is 0 Å². The van der Waals surface area contributed by atoms with E-state index in [0.717, 1.165) is 25.6 Å². The van der Waals surface area contributed by atoms with Crippen LogP contribution in [0.1, 0.15) is 27.7 Å². The van der Waals surface area contributed by atoms with Crippen molar-refractivity contribution in [3.05, 3.63) is 98.3 Å². The van der Waals surface area contributed by atoms with Crippen LogP contribution in [0.5, 0.6) is 11.5 Å². The minimum Gasteiger partial charge on any atom is -0.496 e. The number of hydrogen-bond donors (Lipinski definition) is 0. The van der Waals surface area contributed by atoms with E-state index >= 15 is 0 Å². The molecule has 0 saturated heterocycles. The Hall–Kier alpha value is -3.17. The third-order valence-corrected chi connectivity index (χ3v) is 7.17. The molecule has 4 aromatic rings. The monoisotopic (exact) mass is 615 g/mol. The number of aromatic nitrogens is 2. The van der Waals surface area contributed by atoms with E-state index in [2.05, 4.69) is 37.0 Å². The van der Waals surface area contributed by atoms with Crippen LogP contribution in [-0.4, -0.2) is 41.9 Å². The van der Waals surface area contributed by atoms with Gasteiger partial charge < -0.3 is 14.4 Å². The normalized spacial score (nSPS) is 11.0. The van der Waals surface area contributed by atoms with Crippen LogP contribution in [0.15, 0.2) is 75.7 Å². The Morgan fingerprint density at radius 1 is 0.917 bits per heavy atom. The predicted molar refractivity (Wildman–Crippen MR) is 144 cm³/mol. The topological polar surface area (TPSA) is 56.6 Å². The molecule has 0 saturated carbocycles. The standard InChI is InChI=1S/C27H24Br2FN3O3/c1-32(27(34)23-15-22(31-33(23)2)16-5-9-19(30)10-6-16)26(17-7-11-24(35-3)20(28)13-17)18-8-12-25(36-4)21(29)14-18/h5-15,26H,1-4H3. The Morgan fingerprint density at radius 3 is 1.92 bits per heavy atom. The highest BCUT2D eigenvalue weighted by molar-refractivity contribution is 9.10. The quantitative estimate of drug-likeness (QED) is 0.234. The zero-order valence-electron chi connectivity index (χ0n) is 20.1. The summed E-state index contributed by atoms with van der Waals surface area (Å²) in [6, 6.07) is 18.8. The number of nitrogens with zero attached hydrogens (tertiary/aromatic N) is 3. The molecule has 0 aliphatic heterocycles. The van der Waals surface area contributed by atoms with Crippen LogP contribution in [0.2, 0.25) is 0 Å². The lowest BCUT2D eigenvalue weighted by atomic mass is 9.96. The Labute approximate surface area is 225 Å². The van der Waals surface area contributed by atoms with Crippen LogP contribution < -0.4 is 9.47 Å². The fraction of sp³-hybridized carbons (Fsp3) is 0.185. The highest BCUT2D eigenvalue weighted by atomic mass is 79.9. The van der Waals surface area contributed by atoms with Gasteiger partial charge in [0.1, 0.15) is 23.0 Å². The summed E-state index contributed by atoms with van der Waals surface area (Å²) in [4.78, 5) is 15.5. The van der Waals surface area contributed by atoms with Gasteiger partial charge in [-0.1, -0.05) is 12.1 Å². The second-order valence-corrected chi connectivity index (χ2v) is 9.86. The molecule has 0 radical (unpaired) electrons. The Bertz CT molecular complexity index is 1350. The van der Waals surface area contributed by atoms with E-state index in [0.29, 0.717) is 22.9 Å². The molecule has 0 aliphatic carbocycles. The maximum absolute atomic E-state index is 13.8. The second kappa shape index (κ2) is 10.8. The molecule has 0 aliphatic rings. The minimum absolute atomic E-state index is 0.220.